The van der Waals surface area contributed by atoms with Crippen molar-refractivity contribution < 1.29 is 9.47 Å². The van der Waals surface area contributed by atoms with Crippen molar-refractivity contribution >= 4 is 63.0 Å². The van der Waals surface area contributed by atoms with Crippen LogP contribution in [-0.2, 0) is 13.2 Å². The van der Waals surface area contributed by atoms with Gasteiger partial charge in [0.25, 0.3) is 0 Å². The van der Waals surface area contributed by atoms with Gasteiger partial charge in [-0.1, -0.05) is 41.9 Å². The largest absolute Gasteiger partial charge is 0.496 e. The molecular formula is C22H19ClI2N2O2. The summed E-state index contributed by atoms with van der Waals surface area (Å²) in [5.74, 6) is 1.72. The number of ether oxygens (including phenoxy) is 2. The highest BCUT2D eigenvalue weighted by atomic mass is 127. The molecule has 0 amide bonds. The van der Waals surface area contributed by atoms with E-state index in [-0.39, 0.29) is 0 Å². The van der Waals surface area contributed by atoms with Crippen molar-refractivity contribution in [3.05, 3.63) is 89.5 Å². The van der Waals surface area contributed by atoms with Crippen molar-refractivity contribution in [3.63, 3.8) is 0 Å². The molecule has 4 nitrogen and oxygen atoms in total. The smallest absolute Gasteiger partial charge is 0.146 e. The van der Waals surface area contributed by atoms with Gasteiger partial charge in [-0.15, -0.1) is 0 Å². The summed E-state index contributed by atoms with van der Waals surface area (Å²) in [7, 11) is 1.67. The third kappa shape index (κ3) is 6.48. The van der Waals surface area contributed by atoms with Gasteiger partial charge in [-0.05, 0) is 86.6 Å². The summed E-state index contributed by atoms with van der Waals surface area (Å²) in [6.07, 6.45) is 1.81. The molecule has 0 aliphatic rings. The minimum absolute atomic E-state index is 0.497. The van der Waals surface area contributed by atoms with Gasteiger partial charge in [0.1, 0.15) is 18.1 Å². The molecule has 3 aromatic rings. The fraction of sp³-hybridized carbons (Fsp3) is 0.136. The van der Waals surface area contributed by atoms with E-state index in [9.17, 15) is 0 Å². The van der Waals surface area contributed by atoms with Crippen LogP contribution in [0.3, 0.4) is 0 Å². The zero-order chi connectivity index (χ0) is 20.6. The molecule has 0 fully saturated rings. The van der Waals surface area contributed by atoms with Crippen molar-refractivity contribution in [1.29, 1.82) is 0 Å². The maximum atomic E-state index is 6.03. The first kappa shape index (κ1) is 22.2. The van der Waals surface area contributed by atoms with Crippen LogP contribution in [0.2, 0.25) is 5.02 Å². The third-order valence-electron chi connectivity index (χ3n) is 4.08. The summed E-state index contributed by atoms with van der Waals surface area (Å²) < 4.78 is 13.5. The monoisotopic (exact) mass is 632 g/mol. The number of nitrogens with one attached hydrogen (secondary N) is 1. The SMILES string of the molecule is COc1ccccc1CN/N=C/c1cc(I)c(OCc2ccc(Cl)cc2)c(I)c1. The molecule has 3 rings (SSSR count). The van der Waals surface area contributed by atoms with Gasteiger partial charge in [-0.25, -0.2) is 0 Å². The minimum Gasteiger partial charge on any atom is -0.496 e. The Morgan fingerprint density at radius 3 is 2.41 bits per heavy atom. The average Bonchev–Trinajstić information content (AvgIpc) is 2.72. The Hall–Kier alpha value is -1.52. The van der Waals surface area contributed by atoms with Gasteiger partial charge < -0.3 is 14.9 Å². The summed E-state index contributed by atoms with van der Waals surface area (Å²) in [5, 5.41) is 5.06. The number of rotatable bonds is 8. The van der Waals surface area contributed by atoms with Gasteiger partial charge in [0, 0.05) is 10.6 Å². The van der Waals surface area contributed by atoms with Gasteiger partial charge in [0.2, 0.25) is 0 Å². The number of methoxy groups -OCH3 is 1. The van der Waals surface area contributed by atoms with E-state index in [0.29, 0.717) is 13.2 Å². The normalized spacial score (nSPS) is 10.9. The predicted octanol–water partition coefficient (Wildman–Crippen LogP) is 6.26. The van der Waals surface area contributed by atoms with Crippen molar-refractivity contribution in [2.75, 3.05) is 7.11 Å². The number of hydrazone groups is 1. The Labute approximate surface area is 202 Å². The molecule has 0 heterocycles. The number of nitrogens with zero attached hydrogens (tertiary/aromatic N) is 1. The molecule has 0 aromatic heterocycles. The second kappa shape index (κ2) is 11.0. The fourth-order valence-corrected chi connectivity index (χ4v) is 4.88. The van der Waals surface area contributed by atoms with Crippen LogP contribution in [0.4, 0.5) is 0 Å². The summed E-state index contributed by atoms with van der Waals surface area (Å²) in [6, 6.07) is 19.7. The maximum absolute atomic E-state index is 6.03. The molecule has 0 aliphatic heterocycles. The highest BCUT2D eigenvalue weighted by Gasteiger charge is 2.09. The Morgan fingerprint density at radius 2 is 1.72 bits per heavy atom. The Morgan fingerprint density at radius 1 is 1.03 bits per heavy atom. The number of hydrogen-bond acceptors (Lipinski definition) is 4. The first-order valence-corrected chi connectivity index (χ1v) is 11.3. The topological polar surface area (TPSA) is 42.8 Å². The van der Waals surface area contributed by atoms with Crippen LogP contribution < -0.4 is 14.9 Å². The molecule has 0 bridgehead atoms. The van der Waals surface area contributed by atoms with Crippen molar-refractivity contribution in [2.45, 2.75) is 13.2 Å². The highest BCUT2D eigenvalue weighted by molar-refractivity contribution is 14.1. The molecule has 0 radical (unpaired) electrons. The molecule has 29 heavy (non-hydrogen) atoms. The van der Waals surface area contributed by atoms with Gasteiger partial charge in [-0.3, -0.25) is 0 Å². The maximum Gasteiger partial charge on any atom is 0.146 e. The van der Waals surface area contributed by atoms with Crippen molar-refractivity contribution in [2.24, 2.45) is 5.10 Å². The first-order valence-electron chi connectivity index (χ1n) is 8.81. The zero-order valence-corrected chi connectivity index (χ0v) is 20.7. The van der Waals surface area contributed by atoms with Gasteiger partial charge in [-0.2, -0.15) is 5.10 Å². The molecule has 3 aromatic carbocycles. The average molecular weight is 633 g/mol. The minimum atomic E-state index is 0.497. The second-order valence-electron chi connectivity index (χ2n) is 6.13. The van der Waals surface area contributed by atoms with Gasteiger partial charge >= 0.3 is 0 Å². The lowest BCUT2D eigenvalue weighted by molar-refractivity contribution is 0.302. The Bertz CT molecular complexity index is 971. The van der Waals surface area contributed by atoms with Crippen LogP contribution in [0.25, 0.3) is 0 Å². The molecule has 0 spiro atoms. The molecule has 1 N–H and O–H groups in total. The summed E-state index contributed by atoms with van der Waals surface area (Å²) >= 11 is 10.5. The lowest BCUT2D eigenvalue weighted by atomic mass is 10.2. The number of hydrogen-bond donors (Lipinski definition) is 1. The number of benzene rings is 3. The fourth-order valence-electron chi connectivity index (χ4n) is 2.63. The van der Waals surface area contributed by atoms with E-state index in [1.807, 2.05) is 66.9 Å². The van der Waals surface area contributed by atoms with E-state index in [4.69, 9.17) is 21.1 Å². The van der Waals surface area contributed by atoms with Crippen molar-refractivity contribution in [3.8, 4) is 11.5 Å². The molecule has 7 heteroatoms. The van der Waals surface area contributed by atoms with E-state index < -0.39 is 0 Å². The van der Waals surface area contributed by atoms with Crippen LogP contribution in [-0.4, -0.2) is 13.3 Å². The highest BCUT2D eigenvalue weighted by Crippen LogP contribution is 2.29. The Kier molecular flexibility index (Phi) is 8.43. The zero-order valence-electron chi connectivity index (χ0n) is 15.7. The molecule has 150 valence electrons. The first-order chi connectivity index (χ1) is 14.1. The van der Waals surface area contributed by atoms with E-state index in [0.717, 1.165) is 40.4 Å². The molecule has 0 aliphatic carbocycles. The molecule has 0 saturated carbocycles. The summed E-state index contributed by atoms with van der Waals surface area (Å²) in [4.78, 5) is 0. The quantitative estimate of drug-likeness (QED) is 0.181. The third-order valence-corrected chi connectivity index (χ3v) is 5.94. The van der Waals surface area contributed by atoms with E-state index >= 15 is 0 Å². The number of para-hydroxylation sites is 1. The van der Waals surface area contributed by atoms with Gasteiger partial charge in [0.05, 0.1) is 27.0 Å². The van der Waals surface area contributed by atoms with Gasteiger partial charge in [0.15, 0.2) is 0 Å². The van der Waals surface area contributed by atoms with E-state index in [1.165, 1.54) is 0 Å². The molecule has 0 saturated heterocycles. The van der Waals surface area contributed by atoms with Crippen molar-refractivity contribution in [1.82, 2.24) is 5.43 Å². The second-order valence-corrected chi connectivity index (χ2v) is 8.89. The van der Waals surface area contributed by atoms with Crippen LogP contribution >= 0.6 is 56.8 Å². The van der Waals surface area contributed by atoms with Crippen LogP contribution in [0.5, 0.6) is 11.5 Å². The lowest BCUT2D eigenvalue weighted by Gasteiger charge is -2.11. The van der Waals surface area contributed by atoms with E-state index in [1.54, 1.807) is 7.11 Å². The number of halogens is 3. The van der Waals surface area contributed by atoms with Crippen LogP contribution in [0.15, 0.2) is 65.8 Å². The van der Waals surface area contributed by atoms with E-state index in [2.05, 4.69) is 55.7 Å². The summed E-state index contributed by atoms with van der Waals surface area (Å²) in [6.45, 7) is 1.09. The Balaban J connectivity index is 1.61. The summed E-state index contributed by atoms with van der Waals surface area (Å²) in [5.41, 5.74) is 6.21. The van der Waals surface area contributed by atoms with Crippen LogP contribution in [0, 0.1) is 7.14 Å². The van der Waals surface area contributed by atoms with Crippen LogP contribution in [0.1, 0.15) is 16.7 Å². The molecular weight excluding hydrogens is 614 g/mol. The molecule has 0 unspecified atom stereocenters. The lowest BCUT2D eigenvalue weighted by Crippen LogP contribution is -2.07. The standard InChI is InChI=1S/C22H19ClI2N2O2/c1-28-21-5-3-2-4-17(21)13-27-26-12-16-10-19(24)22(20(25)11-16)29-14-15-6-8-18(23)9-7-15/h2-12,27H,13-14H2,1H3/b26-12+. The molecule has 0 atom stereocenters. The predicted molar refractivity (Wildman–Crippen MR) is 135 cm³/mol.